The average molecular weight is 287 g/mol. The molecule has 2 unspecified atom stereocenters. The molecule has 0 aromatic rings. The van der Waals surface area contributed by atoms with E-state index in [1.54, 1.807) is 6.21 Å². The molecule has 0 saturated carbocycles. The monoisotopic (exact) mass is 287 g/mol. The maximum Gasteiger partial charge on any atom is 0.167 e. The Morgan fingerprint density at radius 2 is 2.16 bits per heavy atom. The largest absolute Gasteiger partial charge is 0.299 e. The van der Waals surface area contributed by atoms with Crippen molar-refractivity contribution in [2.75, 3.05) is 33.2 Å². The molecule has 7 heteroatoms. The van der Waals surface area contributed by atoms with Crippen LogP contribution in [0, 0.1) is 0 Å². The molecule has 0 bridgehead atoms. The van der Waals surface area contributed by atoms with E-state index in [0.717, 1.165) is 18.8 Å². The maximum atomic E-state index is 11.5. The van der Waals surface area contributed by atoms with Crippen molar-refractivity contribution in [3.8, 4) is 0 Å². The zero-order chi connectivity index (χ0) is 14.5. The molecule has 6 nitrogen and oxygen atoms in total. The van der Waals surface area contributed by atoms with Crippen LogP contribution in [0.2, 0.25) is 0 Å². The van der Waals surface area contributed by atoms with Gasteiger partial charge in [0.05, 0.1) is 12.1 Å². The lowest BCUT2D eigenvalue weighted by molar-refractivity contribution is 0.247. The maximum absolute atomic E-state index is 11.5. The molecule has 1 spiro atoms. The van der Waals surface area contributed by atoms with Crippen molar-refractivity contribution < 1.29 is 4.21 Å². The minimum absolute atomic E-state index is 0.231. The third kappa shape index (κ3) is 4.10. The number of nitrogens with one attached hydrogen (secondary N) is 2. The van der Waals surface area contributed by atoms with Crippen molar-refractivity contribution in [3.63, 3.8) is 0 Å². The second-order valence-corrected chi connectivity index (χ2v) is 5.67. The molecule has 2 saturated heterocycles. The smallest absolute Gasteiger partial charge is 0.167 e. The zero-order valence-electron chi connectivity index (χ0n) is 12.3. The Morgan fingerprint density at radius 1 is 1.47 bits per heavy atom. The lowest BCUT2D eigenvalue weighted by Crippen LogP contribution is -2.55. The van der Waals surface area contributed by atoms with Gasteiger partial charge >= 0.3 is 0 Å². The van der Waals surface area contributed by atoms with E-state index < -0.39 is 11.2 Å². The predicted molar refractivity (Wildman–Crippen MR) is 80.9 cm³/mol. The molecule has 0 aromatic heterocycles. The molecule has 2 atom stereocenters. The molecule has 0 radical (unpaired) electrons. The molecule has 0 aromatic carbocycles. The van der Waals surface area contributed by atoms with Crippen LogP contribution in [-0.2, 0) is 11.2 Å². The summed E-state index contributed by atoms with van der Waals surface area (Å²) in [6.45, 7) is 12.9. The lowest BCUT2D eigenvalue weighted by atomic mass is 10.0. The number of rotatable bonds is 1. The predicted octanol–water partition coefficient (Wildman–Crippen LogP) is 0.290. The number of hydrogen-bond acceptors (Lipinski definition) is 4. The third-order valence-electron chi connectivity index (χ3n) is 2.95. The first-order valence-corrected chi connectivity index (χ1v) is 7.75. The fraction of sp³-hybridized carbons (Fsp3) is 0.750. The molecule has 110 valence electrons. The molecule has 0 amide bonds. The van der Waals surface area contributed by atoms with Gasteiger partial charge in [0, 0.05) is 31.5 Å². The Hall–Kier alpha value is -0.760. The lowest BCUT2D eigenvalue weighted by Gasteiger charge is -2.30. The molecular formula is C12H25N5OS. The highest BCUT2D eigenvalue weighted by atomic mass is 32.2. The van der Waals surface area contributed by atoms with Crippen LogP contribution in [0.1, 0.15) is 20.8 Å². The van der Waals surface area contributed by atoms with Crippen molar-refractivity contribution in [2.24, 2.45) is 5.10 Å². The minimum atomic E-state index is -1.15. The highest BCUT2D eigenvalue weighted by Crippen LogP contribution is 2.21. The quantitative estimate of drug-likeness (QED) is 0.682. The van der Waals surface area contributed by atoms with Gasteiger partial charge in [0.15, 0.2) is 11.2 Å². The standard InChI is InChI=1S/C10H19N5OS.C2H6/c1-4-11-15-8-10(6-12-17(16)13-10)7-14(3)5-9(15)2;1-2/h4,12-13H,2,5-8H2,1,3H3;1-2H3/b11-4-;. The van der Waals surface area contributed by atoms with Gasteiger partial charge in [-0.3, -0.25) is 9.91 Å². The van der Waals surface area contributed by atoms with Crippen LogP contribution in [0.5, 0.6) is 0 Å². The second-order valence-electron chi connectivity index (χ2n) is 4.64. The van der Waals surface area contributed by atoms with Crippen LogP contribution in [0.3, 0.4) is 0 Å². The van der Waals surface area contributed by atoms with Gasteiger partial charge < -0.3 is 0 Å². The summed E-state index contributed by atoms with van der Waals surface area (Å²) >= 11 is -1.15. The molecule has 2 N–H and O–H groups in total. The molecule has 2 aliphatic heterocycles. The highest BCUT2D eigenvalue weighted by molar-refractivity contribution is 7.81. The Labute approximate surface area is 118 Å². The zero-order valence-corrected chi connectivity index (χ0v) is 13.1. The van der Waals surface area contributed by atoms with Gasteiger partial charge in [-0.15, -0.1) is 0 Å². The van der Waals surface area contributed by atoms with Gasteiger partial charge in [0.1, 0.15) is 0 Å². The number of nitrogens with zero attached hydrogens (tertiary/aromatic N) is 3. The van der Waals surface area contributed by atoms with Gasteiger partial charge in [-0.25, -0.2) is 13.7 Å². The van der Waals surface area contributed by atoms with Crippen LogP contribution >= 0.6 is 0 Å². The number of likely N-dealkylation sites (N-methyl/N-ethyl adjacent to an activating group) is 1. The fourth-order valence-electron chi connectivity index (χ4n) is 2.32. The van der Waals surface area contributed by atoms with Gasteiger partial charge in [0.2, 0.25) is 0 Å². The van der Waals surface area contributed by atoms with Crippen LogP contribution in [0.25, 0.3) is 0 Å². The van der Waals surface area contributed by atoms with Gasteiger partial charge in [0.25, 0.3) is 0 Å². The van der Waals surface area contributed by atoms with Crippen LogP contribution in [-0.4, -0.2) is 59.1 Å². The van der Waals surface area contributed by atoms with Crippen molar-refractivity contribution in [1.82, 2.24) is 19.4 Å². The van der Waals surface area contributed by atoms with E-state index in [-0.39, 0.29) is 5.54 Å². The van der Waals surface area contributed by atoms with Crippen molar-refractivity contribution in [1.29, 1.82) is 0 Å². The Kier molecular flexibility index (Phi) is 6.12. The normalized spacial score (nSPS) is 32.5. The summed E-state index contributed by atoms with van der Waals surface area (Å²) in [5.41, 5.74) is 0.730. The van der Waals surface area contributed by atoms with Crippen LogP contribution < -0.4 is 9.44 Å². The van der Waals surface area contributed by atoms with Crippen molar-refractivity contribution in [3.05, 3.63) is 12.3 Å². The first kappa shape index (κ1) is 16.3. The Morgan fingerprint density at radius 3 is 2.68 bits per heavy atom. The van der Waals surface area contributed by atoms with E-state index in [0.29, 0.717) is 13.1 Å². The second kappa shape index (κ2) is 7.14. The molecular weight excluding hydrogens is 262 g/mol. The molecule has 2 heterocycles. The summed E-state index contributed by atoms with van der Waals surface area (Å²) in [6.07, 6.45) is 1.75. The first-order chi connectivity index (χ1) is 9.04. The Balaban J connectivity index is 0.000000861. The van der Waals surface area contributed by atoms with Gasteiger partial charge in [-0.05, 0) is 14.0 Å². The summed E-state index contributed by atoms with van der Waals surface area (Å²) in [5.74, 6) is 0. The molecule has 19 heavy (non-hydrogen) atoms. The van der Waals surface area contributed by atoms with Gasteiger partial charge in [-0.1, -0.05) is 20.4 Å². The van der Waals surface area contributed by atoms with E-state index in [1.165, 1.54) is 0 Å². The summed E-state index contributed by atoms with van der Waals surface area (Å²) < 4.78 is 17.5. The first-order valence-electron chi connectivity index (χ1n) is 6.60. The van der Waals surface area contributed by atoms with Crippen LogP contribution in [0.15, 0.2) is 17.4 Å². The minimum Gasteiger partial charge on any atom is -0.299 e. The van der Waals surface area contributed by atoms with E-state index >= 15 is 0 Å². The highest BCUT2D eigenvalue weighted by Gasteiger charge is 2.42. The average Bonchev–Trinajstić information content (AvgIpc) is 2.66. The summed E-state index contributed by atoms with van der Waals surface area (Å²) in [6, 6.07) is 0. The summed E-state index contributed by atoms with van der Waals surface area (Å²) in [7, 11) is 2.04. The molecule has 0 aliphatic carbocycles. The third-order valence-corrected chi connectivity index (χ3v) is 3.97. The van der Waals surface area contributed by atoms with E-state index in [1.807, 2.05) is 32.8 Å². The summed E-state index contributed by atoms with van der Waals surface area (Å²) in [4.78, 5) is 2.17. The van der Waals surface area contributed by atoms with Crippen molar-refractivity contribution >= 4 is 17.4 Å². The molecule has 2 rings (SSSR count). The number of hydrazone groups is 1. The van der Waals surface area contributed by atoms with Crippen molar-refractivity contribution in [2.45, 2.75) is 26.3 Å². The topological polar surface area (TPSA) is 60.0 Å². The number of hydrogen-bond donors (Lipinski definition) is 2. The molecule has 2 fully saturated rings. The molecule has 2 aliphatic rings. The van der Waals surface area contributed by atoms with E-state index in [4.69, 9.17) is 0 Å². The van der Waals surface area contributed by atoms with Crippen LogP contribution in [0.4, 0.5) is 0 Å². The SMILES string of the molecule is C=C1CN(C)CC2(CNS(=O)N2)CN1/N=C\C.CC. The Bertz CT molecular complexity index is 373. The van der Waals surface area contributed by atoms with Gasteiger partial charge in [-0.2, -0.15) is 5.10 Å². The fourth-order valence-corrected chi connectivity index (χ4v) is 3.40. The summed E-state index contributed by atoms with van der Waals surface area (Å²) in [5, 5.41) is 6.21. The van der Waals surface area contributed by atoms with E-state index in [2.05, 4.69) is 26.0 Å². The van der Waals surface area contributed by atoms with E-state index in [9.17, 15) is 4.21 Å².